The topological polar surface area (TPSA) is 66.8 Å². The average molecular weight is 379 g/mol. The zero-order chi connectivity index (χ0) is 20.1. The fourth-order valence-corrected chi connectivity index (χ4v) is 3.48. The van der Waals surface area contributed by atoms with Gasteiger partial charge in [-0.15, -0.1) is 0 Å². The minimum Gasteiger partial charge on any atom is -0.507 e. The van der Waals surface area contributed by atoms with Crippen LogP contribution in [0, 0.1) is 0 Å². The Morgan fingerprint density at radius 1 is 1.07 bits per heavy atom. The number of benzene rings is 2. The van der Waals surface area contributed by atoms with Crippen molar-refractivity contribution in [3.05, 3.63) is 71.3 Å². The van der Waals surface area contributed by atoms with E-state index in [1.54, 1.807) is 29.2 Å². The maximum atomic E-state index is 12.8. The molecule has 1 unspecified atom stereocenters. The van der Waals surface area contributed by atoms with Crippen molar-refractivity contribution in [2.75, 3.05) is 13.2 Å². The van der Waals surface area contributed by atoms with Crippen molar-refractivity contribution in [3.8, 4) is 5.75 Å². The van der Waals surface area contributed by atoms with Gasteiger partial charge in [-0.2, -0.15) is 0 Å². The Labute approximate surface area is 165 Å². The summed E-state index contributed by atoms with van der Waals surface area (Å²) in [5.74, 6) is -0.701. The highest BCUT2D eigenvalue weighted by Gasteiger charge is 2.45. The van der Waals surface area contributed by atoms with Crippen LogP contribution in [-0.2, 0) is 9.59 Å². The van der Waals surface area contributed by atoms with Gasteiger partial charge in [0.2, 0.25) is 0 Å². The molecule has 1 aliphatic rings. The summed E-state index contributed by atoms with van der Waals surface area (Å²) in [6, 6.07) is 15.6. The summed E-state index contributed by atoms with van der Waals surface area (Å²) >= 11 is 0. The number of ketones is 1. The van der Waals surface area contributed by atoms with Crippen LogP contribution < -0.4 is 4.74 Å². The van der Waals surface area contributed by atoms with Crippen LogP contribution >= 0.6 is 0 Å². The van der Waals surface area contributed by atoms with E-state index in [9.17, 15) is 14.7 Å². The molecule has 1 fully saturated rings. The minimum absolute atomic E-state index is 0.126. The first-order valence-electron chi connectivity index (χ1n) is 9.65. The van der Waals surface area contributed by atoms with Gasteiger partial charge in [0.05, 0.1) is 18.2 Å². The highest BCUT2D eigenvalue weighted by Crippen LogP contribution is 2.40. The van der Waals surface area contributed by atoms with E-state index in [-0.39, 0.29) is 11.3 Å². The third kappa shape index (κ3) is 3.79. The van der Waals surface area contributed by atoms with Crippen molar-refractivity contribution in [1.82, 2.24) is 4.90 Å². The highest BCUT2D eigenvalue weighted by atomic mass is 16.5. The lowest BCUT2D eigenvalue weighted by Gasteiger charge is -2.25. The van der Waals surface area contributed by atoms with Crippen LogP contribution in [0.5, 0.6) is 5.75 Å². The number of aliphatic hydroxyl groups is 1. The molecule has 0 spiro atoms. The van der Waals surface area contributed by atoms with Gasteiger partial charge in [-0.1, -0.05) is 55.8 Å². The Balaban J connectivity index is 2.14. The van der Waals surface area contributed by atoms with Crippen molar-refractivity contribution < 1.29 is 19.4 Å². The number of nitrogens with zero attached hydrogens (tertiary/aromatic N) is 1. The Hall–Kier alpha value is -3.08. The predicted octanol–water partition coefficient (Wildman–Crippen LogP) is 4.31. The van der Waals surface area contributed by atoms with E-state index in [0.29, 0.717) is 24.5 Å². The van der Waals surface area contributed by atoms with Gasteiger partial charge in [-0.05, 0) is 31.0 Å². The molecule has 0 aliphatic carbocycles. The fourth-order valence-electron chi connectivity index (χ4n) is 3.48. The van der Waals surface area contributed by atoms with Crippen molar-refractivity contribution in [2.45, 2.75) is 32.7 Å². The second-order valence-corrected chi connectivity index (χ2v) is 6.72. The molecule has 1 N–H and O–H groups in total. The lowest BCUT2D eigenvalue weighted by atomic mass is 9.95. The number of likely N-dealkylation sites (tertiary alicyclic amines) is 1. The predicted molar refractivity (Wildman–Crippen MR) is 108 cm³/mol. The maximum Gasteiger partial charge on any atom is 0.295 e. The smallest absolute Gasteiger partial charge is 0.295 e. The molecule has 1 aliphatic heterocycles. The Bertz CT molecular complexity index is 888. The molecule has 1 heterocycles. The van der Waals surface area contributed by atoms with E-state index in [4.69, 9.17) is 4.74 Å². The number of carbonyl (C=O) groups is 2. The molecule has 28 heavy (non-hydrogen) atoms. The molecule has 0 bridgehead atoms. The van der Waals surface area contributed by atoms with Gasteiger partial charge in [0.1, 0.15) is 11.5 Å². The van der Waals surface area contributed by atoms with Crippen molar-refractivity contribution in [1.29, 1.82) is 0 Å². The largest absolute Gasteiger partial charge is 0.507 e. The Morgan fingerprint density at radius 2 is 1.82 bits per heavy atom. The van der Waals surface area contributed by atoms with Gasteiger partial charge in [-0.3, -0.25) is 9.59 Å². The second-order valence-electron chi connectivity index (χ2n) is 6.72. The van der Waals surface area contributed by atoms with Crippen molar-refractivity contribution >= 4 is 17.4 Å². The van der Waals surface area contributed by atoms with E-state index >= 15 is 0 Å². The average Bonchev–Trinajstić information content (AvgIpc) is 2.97. The number of amides is 1. The molecule has 1 amide bonds. The van der Waals surface area contributed by atoms with Gasteiger partial charge in [0.25, 0.3) is 11.7 Å². The minimum atomic E-state index is -0.649. The van der Waals surface area contributed by atoms with Crippen LogP contribution in [0.15, 0.2) is 60.2 Å². The lowest BCUT2D eigenvalue weighted by molar-refractivity contribution is -0.139. The van der Waals surface area contributed by atoms with E-state index in [1.165, 1.54) is 0 Å². The van der Waals surface area contributed by atoms with Crippen molar-refractivity contribution in [3.63, 3.8) is 0 Å². The molecule has 1 saturated heterocycles. The second kappa shape index (κ2) is 8.74. The number of rotatable bonds is 7. The van der Waals surface area contributed by atoms with Gasteiger partial charge in [0.15, 0.2) is 0 Å². The van der Waals surface area contributed by atoms with Gasteiger partial charge in [0, 0.05) is 12.1 Å². The lowest BCUT2D eigenvalue weighted by Crippen LogP contribution is -2.30. The first-order valence-corrected chi connectivity index (χ1v) is 9.65. The first-order chi connectivity index (χ1) is 13.6. The zero-order valence-corrected chi connectivity index (χ0v) is 16.2. The Kier molecular flexibility index (Phi) is 6.14. The molecule has 1 atom stereocenters. The third-order valence-corrected chi connectivity index (χ3v) is 4.82. The summed E-state index contributed by atoms with van der Waals surface area (Å²) in [5.41, 5.74) is 1.39. The summed E-state index contributed by atoms with van der Waals surface area (Å²) in [6.07, 6.45) is 1.67. The molecule has 3 rings (SSSR count). The quantitative estimate of drug-likeness (QED) is 0.442. The van der Waals surface area contributed by atoms with Crippen LogP contribution in [0.1, 0.15) is 43.9 Å². The summed E-state index contributed by atoms with van der Waals surface area (Å²) in [6.45, 7) is 4.90. The summed E-state index contributed by atoms with van der Waals surface area (Å²) in [4.78, 5) is 27.2. The molecule has 0 radical (unpaired) electrons. The molecule has 5 heteroatoms. The number of unbranched alkanes of at least 4 members (excludes halogenated alkanes) is 1. The zero-order valence-electron chi connectivity index (χ0n) is 16.2. The van der Waals surface area contributed by atoms with Gasteiger partial charge < -0.3 is 14.7 Å². The first kappa shape index (κ1) is 19.7. The third-order valence-electron chi connectivity index (χ3n) is 4.82. The molecule has 0 saturated carbocycles. The number of ether oxygens (including phenoxy) is 1. The number of hydrogen-bond donors (Lipinski definition) is 1. The van der Waals surface area contributed by atoms with Crippen LogP contribution in [-0.4, -0.2) is 34.8 Å². The summed E-state index contributed by atoms with van der Waals surface area (Å²) in [7, 11) is 0. The van der Waals surface area contributed by atoms with E-state index < -0.39 is 17.7 Å². The van der Waals surface area contributed by atoms with Gasteiger partial charge in [-0.25, -0.2) is 0 Å². The van der Waals surface area contributed by atoms with E-state index in [2.05, 4.69) is 0 Å². The van der Waals surface area contributed by atoms with Gasteiger partial charge >= 0.3 is 0 Å². The number of hydrogen-bond acceptors (Lipinski definition) is 4. The highest BCUT2D eigenvalue weighted by molar-refractivity contribution is 6.46. The maximum absolute atomic E-state index is 12.8. The molecule has 146 valence electrons. The monoisotopic (exact) mass is 379 g/mol. The number of carbonyl (C=O) groups excluding carboxylic acids is 2. The standard InChI is InChI=1S/C23H25NO4/c1-3-5-14-24-20(17-12-9-13-18(15-17)28-4-2)19(22(26)23(24)27)21(25)16-10-7-6-8-11-16/h6-13,15,20,25H,3-5,14H2,1-2H3/b21-19-. The van der Waals surface area contributed by atoms with Crippen LogP contribution in [0.25, 0.3) is 5.76 Å². The molecular formula is C23H25NO4. The molecular weight excluding hydrogens is 354 g/mol. The number of aliphatic hydroxyl groups excluding tert-OH is 1. The van der Waals surface area contributed by atoms with Crippen molar-refractivity contribution in [2.24, 2.45) is 0 Å². The van der Waals surface area contributed by atoms with Crippen LogP contribution in [0.3, 0.4) is 0 Å². The van der Waals surface area contributed by atoms with E-state index in [1.807, 2.05) is 44.2 Å². The molecule has 2 aromatic rings. The van der Waals surface area contributed by atoms with E-state index in [0.717, 1.165) is 18.4 Å². The van der Waals surface area contributed by atoms with Crippen LogP contribution in [0.4, 0.5) is 0 Å². The van der Waals surface area contributed by atoms with Crippen LogP contribution in [0.2, 0.25) is 0 Å². The fraction of sp³-hybridized carbons (Fsp3) is 0.304. The normalized spacial score (nSPS) is 18.5. The Morgan fingerprint density at radius 3 is 2.50 bits per heavy atom. The summed E-state index contributed by atoms with van der Waals surface area (Å²) < 4.78 is 5.59. The number of Topliss-reactive ketones (excluding diaryl/α,β-unsaturated/α-hetero) is 1. The summed E-state index contributed by atoms with van der Waals surface area (Å²) in [5, 5.41) is 10.9. The molecule has 0 aromatic heterocycles. The molecule has 5 nitrogen and oxygen atoms in total. The molecule has 2 aromatic carbocycles. The SMILES string of the molecule is CCCCN1C(=O)C(=O)/C(=C(\O)c2ccccc2)C1c1cccc(OCC)c1.